The van der Waals surface area contributed by atoms with Crippen LogP contribution in [0.1, 0.15) is 25.3 Å². The summed E-state index contributed by atoms with van der Waals surface area (Å²) in [5, 5.41) is 4.21. The molecule has 96 valence electrons. The van der Waals surface area contributed by atoms with E-state index in [0.717, 1.165) is 18.4 Å². The summed E-state index contributed by atoms with van der Waals surface area (Å²) in [7, 11) is 0. The van der Waals surface area contributed by atoms with E-state index >= 15 is 0 Å². The predicted molar refractivity (Wildman–Crippen MR) is 82.6 cm³/mol. The van der Waals surface area contributed by atoms with E-state index in [0.29, 0.717) is 13.0 Å². The van der Waals surface area contributed by atoms with Crippen LogP contribution in [0, 0.1) is 3.70 Å². The Bertz CT molecular complexity index is 548. The quantitative estimate of drug-likeness (QED) is 0.794. The Morgan fingerprint density at radius 3 is 2.94 bits per heavy atom. The zero-order valence-corrected chi connectivity index (χ0v) is 12.6. The molecule has 4 heteroatoms. The highest BCUT2D eigenvalue weighted by molar-refractivity contribution is 14.1. The maximum atomic E-state index is 11.4. The Balaban J connectivity index is 2.03. The van der Waals surface area contributed by atoms with Crippen molar-refractivity contribution in [2.45, 2.75) is 26.2 Å². The van der Waals surface area contributed by atoms with E-state index in [9.17, 15) is 4.79 Å². The number of aromatic amines is 1. The third-order valence-corrected chi connectivity index (χ3v) is 3.86. The second-order valence-electron chi connectivity index (χ2n) is 4.31. The normalized spacial score (nSPS) is 10.8. The van der Waals surface area contributed by atoms with Crippen LogP contribution in [-0.2, 0) is 11.2 Å². The Labute approximate surface area is 120 Å². The van der Waals surface area contributed by atoms with Gasteiger partial charge in [0.2, 0.25) is 5.91 Å². The van der Waals surface area contributed by atoms with Crippen LogP contribution >= 0.6 is 22.6 Å². The Hall–Kier alpha value is -1.04. The number of para-hydroxylation sites is 1. The number of carbonyl (C=O) groups is 1. The number of nitrogens with one attached hydrogen (secondary N) is 2. The van der Waals surface area contributed by atoms with Gasteiger partial charge in [-0.3, -0.25) is 4.79 Å². The fourth-order valence-electron chi connectivity index (χ4n) is 2.05. The molecule has 0 bridgehead atoms. The number of benzene rings is 1. The number of H-pyrrole nitrogens is 1. The van der Waals surface area contributed by atoms with Gasteiger partial charge in [0.1, 0.15) is 0 Å². The molecule has 0 saturated carbocycles. The van der Waals surface area contributed by atoms with Gasteiger partial charge in [-0.15, -0.1) is 0 Å². The molecule has 18 heavy (non-hydrogen) atoms. The molecule has 0 unspecified atom stereocenters. The summed E-state index contributed by atoms with van der Waals surface area (Å²) >= 11 is 2.32. The van der Waals surface area contributed by atoms with Gasteiger partial charge in [0.15, 0.2) is 0 Å². The van der Waals surface area contributed by atoms with Crippen molar-refractivity contribution in [2.24, 2.45) is 0 Å². The number of hydrogen-bond acceptors (Lipinski definition) is 1. The van der Waals surface area contributed by atoms with Crippen LogP contribution in [0.2, 0.25) is 0 Å². The maximum Gasteiger partial charge on any atom is 0.219 e. The SMILES string of the molecule is CCCC(=O)NCCc1c(I)[nH]c2ccccc12. The van der Waals surface area contributed by atoms with Crippen LogP contribution in [0.15, 0.2) is 24.3 Å². The van der Waals surface area contributed by atoms with E-state index in [4.69, 9.17) is 0 Å². The van der Waals surface area contributed by atoms with Crippen molar-refractivity contribution in [1.29, 1.82) is 0 Å². The van der Waals surface area contributed by atoms with E-state index in [1.54, 1.807) is 0 Å². The molecule has 2 aromatic rings. The van der Waals surface area contributed by atoms with Gasteiger partial charge in [0.05, 0.1) is 3.70 Å². The Morgan fingerprint density at radius 1 is 1.39 bits per heavy atom. The molecule has 0 radical (unpaired) electrons. The van der Waals surface area contributed by atoms with Gasteiger partial charge in [-0.25, -0.2) is 0 Å². The molecule has 3 nitrogen and oxygen atoms in total. The lowest BCUT2D eigenvalue weighted by Crippen LogP contribution is -2.25. The number of halogens is 1. The zero-order chi connectivity index (χ0) is 13.0. The highest BCUT2D eigenvalue weighted by Crippen LogP contribution is 2.23. The molecule has 0 spiro atoms. The van der Waals surface area contributed by atoms with Crippen molar-refractivity contribution in [3.05, 3.63) is 33.5 Å². The van der Waals surface area contributed by atoms with Gasteiger partial charge in [-0.2, -0.15) is 0 Å². The average molecular weight is 356 g/mol. The molecule has 0 aliphatic heterocycles. The smallest absolute Gasteiger partial charge is 0.219 e. The monoisotopic (exact) mass is 356 g/mol. The summed E-state index contributed by atoms with van der Waals surface area (Å²) in [5.41, 5.74) is 2.46. The molecule has 2 N–H and O–H groups in total. The third-order valence-electron chi connectivity index (χ3n) is 2.94. The van der Waals surface area contributed by atoms with Crippen LogP contribution in [0.3, 0.4) is 0 Å². The Morgan fingerprint density at radius 2 is 2.17 bits per heavy atom. The lowest BCUT2D eigenvalue weighted by molar-refractivity contribution is -0.121. The molecule has 0 aliphatic carbocycles. The van der Waals surface area contributed by atoms with Crippen LogP contribution in [0.5, 0.6) is 0 Å². The Kier molecular flexibility index (Phi) is 4.63. The first-order valence-corrected chi connectivity index (χ1v) is 7.32. The average Bonchev–Trinajstić information content (AvgIpc) is 2.66. The summed E-state index contributed by atoms with van der Waals surface area (Å²) in [6.07, 6.45) is 2.39. The molecule has 0 aliphatic rings. The molecule has 0 saturated heterocycles. The number of aromatic nitrogens is 1. The second-order valence-corrected chi connectivity index (χ2v) is 5.39. The standard InChI is InChI=1S/C14H17IN2O/c1-2-5-13(18)16-9-8-11-10-6-3-4-7-12(10)17-14(11)15/h3-4,6-7,17H,2,5,8-9H2,1H3,(H,16,18). The van der Waals surface area contributed by atoms with Crippen LogP contribution < -0.4 is 5.32 Å². The van der Waals surface area contributed by atoms with Gasteiger partial charge < -0.3 is 10.3 Å². The number of carbonyl (C=O) groups excluding carboxylic acids is 1. The van der Waals surface area contributed by atoms with E-state index in [1.165, 1.54) is 14.7 Å². The minimum Gasteiger partial charge on any atom is -0.356 e. The molecule has 0 atom stereocenters. The highest BCUT2D eigenvalue weighted by Gasteiger charge is 2.08. The summed E-state index contributed by atoms with van der Waals surface area (Å²) in [5.74, 6) is 0.146. The lowest BCUT2D eigenvalue weighted by atomic mass is 10.1. The second kappa shape index (κ2) is 6.22. The summed E-state index contributed by atoms with van der Waals surface area (Å²) in [6, 6.07) is 8.28. The van der Waals surface area contributed by atoms with Crippen LogP contribution in [-0.4, -0.2) is 17.4 Å². The number of rotatable bonds is 5. The van der Waals surface area contributed by atoms with Gasteiger partial charge in [-0.1, -0.05) is 25.1 Å². The molecular weight excluding hydrogens is 339 g/mol. The van der Waals surface area contributed by atoms with Gasteiger partial charge in [-0.05, 0) is 47.1 Å². The van der Waals surface area contributed by atoms with E-state index in [-0.39, 0.29) is 5.91 Å². The topological polar surface area (TPSA) is 44.9 Å². The molecule has 1 amide bonds. The predicted octanol–water partition coefficient (Wildman–Crippen LogP) is 3.23. The minimum atomic E-state index is 0.146. The molecule has 1 aromatic carbocycles. The van der Waals surface area contributed by atoms with E-state index < -0.39 is 0 Å². The van der Waals surface area contributed by atoms with Crippen molar-refractivity contribution >= 4 is 39.4 Å². The fourth-order valence-corrected chi connectivity index (χ4v) is 2.90. The van der Waals surface area contributed by atoms with Gasteiger partial charge in [0, 0.05) is 23.9 Å². The van der Waals surface area contributed by atoms with Crippen LogP contribution in [0.25, 0.3) is 10.9 Å². The first-order valence-electron chi connectivity index (χ1n) is 6.24. The fraction of sp³-hybridized carbons (Fsp3) is 0.357. The number of hydrogen-bond donors (Lipinski definition) is 2. The van der Waals surface area contributed by atoms with Crippen molar-refractivity contribution in [2.75, 3.05) is 6.54 Å². The van der Waals surface area contributed by atoms with Crippen molar-refractivity contribution in [1.82, 2.24) is 10.3 Å². The van der Waals surface area contributed by atoms with Gasteiger partial charge >= 0.3 is 0 Å². The molecule has 1 heterocycles. The minimum absolute atomic E-state index is 0.146. The highest BCUT2D eigenvalue weighted by atomic mass is 127. The van der Waals surface area contributed by atoms with Crippen molar-refractivity contribution in [3.63, 3.8) is 0 Å². The molecule has 2 rings (SSSR count). The summed E-state index contributed by atoms with van der Waals surface area (Å²) in [6.45, 7) is 2.72. The zero-order valence-electron chi connectivity index (χ0n) is 10.4. The molecule has 0 fully saturated rings. The molecule has 1 aromatic heterocycles. The number of fused-ring (bicyclic) bond motifs is 1. The van der Waals surface area contributed by atoms with Crippen molar-refractivity contribution < 1.29 is 4.79 Å². The largest absolute Gasteiger partial charge is 0.356 e. The maximum absolute atomic E-state index is 11.4. The summed E-state index contributed by atoms with van der Waals surface area (Å²) < 4.78 is 1.17. The number of amides is 1. The van der Waals surface area contributed by atoms with Crippen LogP contribution in [0.4, 0.5) is 0 Å². The lowest BCUT2D eigenvalue weighted by Gasteiger charge is -2.04. The first-order chi connectivity index (χ1) is 8.72. The molecular formula is C14H17IN2O. The van der Waals surface area contributed by atoms with Crippen molar-refractivity contribution in [3.8, 4) is 0 Å². The van der Waals surface area contributed by atoms with E-state index in [2.05, 4.69) is 45.0 Å². The van der Waals surface area contributed by atoms with Gasteiger partial charge in [0.25, 0.3) is 0 Å². The van der Waals surface area contributed by atoms with E-state index in [1.807, 2.05) is 19.1 Å². The third kappa shape index (κ3) is 3.04. The summed E-state index contributed by atoms with van der Waals surface area (Å²) in [4.78, 5) is 14.8. The first kappa shape index (κ1) is 13.4.